The Morgan fingerprint density at radius 2 is 1.52 bits per heavy atom. The first-order valence-corrected chi connectivity index (χ1v) is 16.8. The van der Waals surface area contributed by atoms with Crippen LogP contribution in [0.2, 0.25) is 0 Å². The van der Waals surface area contributed by atoms with Crippen molar-refractivity contribution in [3.63, 3.8) is 0 Å². The van der Waals surface area contributed by atoms with Crippen LogP contribution in [0.5, 0.6) is 0 Å². The Kier molecular flexibility index (Phi) is 9.59. The third kappa shape index (κ3) is 7.45. The van der Waals surface area contributed by atoms with Crippen molar-refractivity contribution in [2.75, 3.05) is 0 Å². The molecule has 2 amide bonds. The van der Waals surface area contributed by atoms with Crippen molar-refractivity contribution in [1.29, 1.82) is 0 Å². The molecule has 0 spiro atoms. The smallest absolute Gasteiger partial charge is 0.408 e. The molecule has 240 valence electrons. The lowest BCUT2D eigenvalue weighted by Crippen LogP contribution is -2.74. The molecule has 2 aliphatic heterocycles. The Balaban J connectivity index is 1.43. The van der Waals surface area contributed by atoms with Gasteiger partial charge in [0.1, 0.15) is 28.2 Å². The first kappa shape index (κ1) is 32.8. The predicted molar refractivity (Wildman–Crippen MR) is 173 cm³/mol. The van der Waals surface area contributed by atoms with Gasteiger partial charge < -0.3 is 23.9 Å². The van der Waals surface area contributed by atoms with Gasteiger partial charge in [0.15, 0.2) is 12.1 Å². The van der Waals surface area contributed by atoms with E-state index in [4.69, 9.17) is 13.7 Å². The number of ether oxygens (including phenoxy) is 2. The van der Waals surface area contributed by atoms with Crippen LogP contribution in [0.25, 0.3) is 0 Å². The second kappa shape index (κ2) is 13.4. The zero-order valence-electron chi connectivity index (χ0n) is 25.7. The molecule has 3 unspecified atom stereocenters. The number of carbonyl (C=O) groups excluding carboxylic acids is 3. The van der Waals surface area contributed by atoms with Gasteiger partial charge in [-0.1, -0.05) is 78.4 Å². The largest absolute Gasteiger partial charge is 0.451 e. The summed E-state index contributed by atoms with van der Waals surface area (Å²) in [4.78, 5) is 41.3. The fourth-order valence-corrected chi connectivity index (χ4v) is 6.92. The lowest BCUT2D eigenvalue weighted by atomic mass is 9.97. The van der Waals surface area contributed by atoms with E-state index in [-0.39, 0.29) is 10.5 Å². The van der Waals surface area contributed by atoms with E-state index in [9.17, 15) is 22.8 Å². The summed E-state index contributed by atoms with van der Waals surface area (Å²) < 4.78 is 42.1. The van der Waals surface area contributed by atoms with Gasteiger partial charge in [0.05, 0.1) is 0 Å². The highest BCUT2D eigenvalue weighted by Gasteiger charge is 2.56. The van der Waals surface area contributed by atoms with Crippen molar-refractivity contribution < 1.29 is 36.5 Å². The molecule has 12 heteroatoms. The minimum atomic E-state index is -4.14. The van der Waals surface area contributed by atoms with Gasteiger partial charge in [-0.15, -0.1) is 11.8 Å². The average Bonchev–Trinajstić information content (AvgIpc) is 3.02. The first-order valence-electron chi connectivity index (χ1n) is 14.5. The minimum absolute atomic E-state index is 0.0340. The van der Waals surface area contributed by atoms with E-state index in [2.05, 4.69) is 5.32 Å². The van der Waals surface area contributed by atoms with Crippen LogP contribution >= 0.6 is 11.8 Å². The van der Waals surface area contributed by atoms with Crippen LogP contribution in [0.4, 0.5) is 4.79 Å². The zero-order chi connectivity index (χ0) is 33.1. The van der Waals surface area contributed by atoms with E-state index in [1.807, 2.05) is 67.6 Å². The van der Waals surface area contributed by atoms with Crippen molar-refractivity contribution in [3.8, 4) is 0 Å². The van der Waals surface area contributed by atoms with Gasteiger partial charge >= 0.3 is 22.2 Å². The van der Waals surface area contributed by atoms with Crippen LogP contribution in [0.3, 0.4) is 0 Å². The third-order valence-corrected chi connectivity index (χ3v) is 9.50. The van der Waals surface area contributed by atoms with Crippen molar-refractivity contribution >= 4 is 39.8 Å². The summed E-state index contributed by atoms with van der Waals surface area (Å²) in [5, 5.41) is 3.58. The van der Waals surface area contributed by atoms with Crippen LogP contribution < -0.4 is 5.32 Å². The highest BCUT2D eigenvalue weighted by molar-refractivity contribution is 8.03. The average molecular weight is 663 g/mol. The molecular weight excluding hydrogens is 629 g/mol. The van der Waals surface area contributed by atoms with Crippen LogP contribution in [0.1, 0.15) is 43.6 Å². The summed E-state index contributed by atoms with van der Waals surface area (Å²) in [6.45, 7) is 6.96. The van der Waals surface area contributed by atoms with Crippen LogP contribution in [-0.4, -0.2) is 54.3 Å². The minimum Gasteiger partial charge on any atom is -0.451 e. The van der Waals surface area contributed by atoms with Gasteiger partial charge in [0, 0.05) is 0 Å². The number of fused-ring (bicyclic) bond motifs is 1. The van der Waals surface area contributed by atoms with E-state index in [1.54, 1.807) is 38.3 Å². The fraction of sp³-hybridized carbons (Fsp3) is 0.265. The van der Waals surface area contributed by atoms with Crippen LogP contribution in [-0.2, 0) is 33.4 Å². The number of carbonyl (C=O) groups is 3. The maximum absolute atomic E-state index is 14.1. The van der Waals surface area contributed by atoms with E-state index < -0.39 is 57.3 Å². The van der Waals surface area contributed by atoms with Crippen LogP contribution in [0, 0.1) is 6.92 Å². The van der Waals surface area contributed by atoms with Crippen molar-refractivity contribution in [3.05, 3.63) is 125 Å². The van der Waals surface area contributed by atoms with E-state index in [0.29, 0.717) is 0 Å². The normalized spacial score (nSPS) is 19.6. The molecule has 0 aliphatic carbocycles. The molecule has 1 N–H and O–H groups in total. The number of thioether (sulfide) groups is 1. The number of aryl methyl sites for hydroxylation is 1. The Hall–Kier alpha value is -4.55. The predicted octanol–water partition coefficient (Wildman–Crippen LogP) is 5.61. The fourth-order valence-electron chi connectivity index (χ4n) is 4.93. The summed E-state index contributed by atoms with van der Waals surface area (Å²) >= 11 is 1.19. The lowest BCUT2D eigenvalue weighted by molar-refractivity contribution is -0.164. The van der Waals surface area contributed by atoms with Crippen molar-refractivity contribution in [2.45, 2.75) is 61.8 Å². The number of rotatable bonds is 9. The molecule has 0 saturated carbocycles. The number of esters is 1. The number of hydrogen-bond acceptors (Lipinski definition) is 9. The molecule has 2 heterocycles. The van der Waals surface area contributed by atoms with Gasteiger partial charge in [0.25, 0.3) is 0 Å². The monoisotopic (exact) mass is 662 g/mol. The molecular formula is C34H34N2O8S2. The van der Waals surface area contributed by atoms with Gasteiger partial charge in [0.2, 0.25) is 5.91 Å². The molecule has 1 saturated heterocycles. The number of hydrogen-bond donors (Lipinski definition) is 1. The van der Waals surface area contributed by atoms with Gasteiger partial charge in [-0.05, 0) is 68.0 Å². The summed E-state index contributed by atoms with van der Waals surface area (Å²) in [6.07, 6.45) is 0.735. The topological polar surface area (TPSA) is 128 Å². The molecule has 5 rings (SSSR count). The Morgan fingerprint density at radius 1 is 0.935 bits per heavy atom. The summed E-state index contributed by atoms with van der Waals surface area (Å²) in [6, 6.07) is 22.3. The molecule has 0 radical (unpaired) electrons. The molecule has 3 atom stereocenters. The maximum Gasteiger partial charge on any atom is 0.408 e. The molecule has 46 heavy (non-hydrogen) atoms. The van der Waals surface area contributed by atoms with Gasteiger partial charge in [-0.25, -0.2) is 9.59 Å². The second-order valence-electron chi connectivity index (χ2n) is 11.7. The number of amides is 2. The van der Waals surface area contributed by atoms with E-state index in [0.717, 1.165) is 23.0 Å². The molecule has 10 nitrogen and oxygen atoms in total. The molecule has 0 aromatic heterocycles. The zero-order valence-corrected chi connectivity index (χ0v) is 27.3. The number of nitrogens with zero attached hydrogens (tertiary/aromatic N) is 1. The quantitative estimate of drug-likeness (QED) is 0.135. The first-order chi connectivity index (χ1) is 21.8. The van der Waals surface area contributed by atoms with Crippen molar-refractivity contribution in [1.82, 2.24) is 10.2 Å². The summed E-state index contributed by atoms with van der Waals surface area (Å²) in [7, 11) is -4.14. The van der Waals surface area contributed by atoms with Crippen molar-refractivity contribution in [2.24, 2.45) is 0 Å². The Bertz CT molecular complexity index is 1710. The molecule has 2 aliphatic rings. The SMILES string of the molecule is Cc1ccc(S(=O)(=O)O/C=C/C2=CSC3C(NC(=O)OC(C)(C)C)C(=O)N3C2C(=O)OC(c2ccccc2)c2ccccc2)cc1. The van der Waals surface area contributed by atoms with Gasteiger partial charge in [-0.3, -0.25) is 4.79 Å². The third-order valence-electron chi connectivity index (χ3n) is 7.10. The lowest BCUT2D eigenvalue weighted by Gasteiger charge is -2.51. The molecule has 3 aromatic carbocycles. The van der Waals surface area contributed by atoms with E-state index >= 15 is 0 Å². The highest BCUT2D eigenvalue weighted by atomic mass is 32.2. The summed E-state index contributed by atoms with van der Waals surface area (Å²) in [5.74, 6) is -1.27. The standard InChI is InChI=1S/C34H34N2O8S2/c1-22-15-17-26(18-16-22)46(40,41)42-20-19-25-21-45-31-27(35-33(39)44-34(2,3)4)30(37)36(31)28(25)32(38)43-29(23-11-7-5-8-12-23)24-13-9-6-10-14-24/h5-21,27-29,31H,1-4H3,(H,35,39)/b20-19+. The molecule has 3 aromatic rings. The molecule has 1 fully saturated rings. The Labute approximate surface area is 272 Å². The maximum atomic E-state index is 14.1. The number of β-lactam (4-membered cyclic amide) rings is 1. The highest BCUT2D eigenvalue weighted by Crippen LogP contribution is 2.42. The van der Waals surface area contributed by atoms with Gasteiger partial charge in [-0.2, -0.15) is 8.42 Å². The number of nitrogens with one attached hydrogen (secondary N) is 1. The number of alkyl carbamates (subject to hydrolysis) is 1. The summed E-state index contributed by atoms with van der Waals surface area (Å²) in [5.41, 5.74) is 1.82. The van der Waals surface area contributed by atoms with Crippen LogP contribution in [0.15, 0.2) is 113 Å². The van der Waals surface area contributed by atoms with E-state index in [1.165, 1.54) is 34.9 Å². The second-order valence-corrected chi connectivity index (χ2v) is 14.3. The number of benzene rings is 3. The molecule has 0 bridgehead atoms. The Morgan fingerprint density at radius 3 is 2.09 bits per heavy atom.